The molecule has 17 heavy (non-hydrogen) atoms. The second-order valence-electron chi connectivity index (χ2n) is 5.40. The van der Waals surface area contributed by atoms with Crippen LogP contribution in [-0.4, -0.2) is 20.1 Å². The highest BCUT2D eigenvalue weighted by Crippen LogP contribution is 2.29. The van der Waals surface area contributed by atoms with Crippen LogP contribution in [0.2, 0.25) is 0 Å². The number of alkyl halides is 1. The minimum atomic E-state index is 0.359. The van der Waals surface area contributed by atoms with Gasteiger partial charge in [-0.3, -0.25) is 0 Å². The Kier molecular flexibility index (Phi) is 4.43. The number of hydrogen-bond acceptors (Lipinski definition) is 2. The third-order valence-electron chi connectivity index (χ3n) is 3.58. The van der Waals surface area contributed by atoms with Gasteiger partial charge in [0.25, 0.3) is 0 Å². The molecule has 0 aliphatic heterocycles. The summed E-state index contributed by atoms with van der Waals surface area (Å²) in [5, 5.41) is 4.66. The van der Waals surface area contributed by atoms with E-state index in [0.717, 1.165) is 18.7 Å². The SMILES string of the molecule is CC(C)n1ncnc1CC1CCCCC(Cl)C1. The van der Waals surface area contributed by atoms with Gasteiger partial charge >= 0.3 is 0 Å². The molecule has 96 valence electrons. The number of aromatic nitrogens is 3. The molecular formula is C13H22ClN3. The van der Waals surface area contributed by atoms with Gasteiger partial charge in [0.15, 0.2) is 0 Å². The quantitative estimate of drug-likeness (QED) is 0.611. The van der Waals surface area contributed by atoms with Crippen molar-refractivity contribution < 1.29 is 0 Å². The second kappa shape index (κ2) is 5.85. The number of halogens is 1. The molecule has 2 atom stereocenters. The summed E-state index contributed by atoms with van der Waals surface area (Å²) in [7, 11) is 0. The van der Waals surface area contributed by atoms with Crippen molar-refractivity contribution in [1.82, 2.24) is 14.8 Å². The minimum Gasteiger partial charge on any atom is -0.248 e. The van der Waals surface area contributed by atoms with Crippen molar-refractivity contribution in [3.63, 3.8) is 0 Å². The first kappa shape index (κ1) is 12.9. The molecule has 1 aromatic rings. The fourth-order valence-corrected chi connectivity index (χ4v) is 3.10. The van der Waals surface area contributed by atoms with Gasteiger partial charge in [-0.15, -0.1) is 11.6 Å². The predicted octanol–water partition coefficient (Wildman–Crippen LogP) is 3.59. The highest BCUT2D eigenvalue weighted by molar-refractivity contribution is 6.20. The van der Waals surface area contributed by atoms with E-state index in [1.165, 1.54) is 25.7 Å². The Morgan fingerprint density at radius 1 is 1.41 bits per heavy atom. The van der Waals surface area contributed by atoms with Crippen molar-refractivity contribution in [3.8, 4) is 0 Å². The van der Waals surface area contributed by atoms with Crippen LogP contribution in [0.1, 0.15) is 57.8 Å². The Morgan fingerprint density at radius 2 is 2.18 bits per heavy atom. The fourth-order valence-electron chi connectivity index (χ4n) is 2.69. The highest BCUT2D eigenvalue weighted by atomic mass is 35.5. The smallest absolute Gasteiger partial charge is 0.138 e. The molecule has 2 unspecified atom stereocenters. The summed E-state index contributed by atoms with van der Waals surface area (Å²) in [6.07, 6.45) is 8.88. The van der Waals surface area contributed by atoms with E-state index in [2.05, 4.69) is 23.9 Å². The third kappa shape index (κ3) is 3.44. The van der Waals surface area contributed by atoms with Gasteiger partial charge in [0, 0.05) is 17.8 Å². The summed E-state index contributed by atoms with van der Waals surface area (Å²) >= 11 is 6.32. The topological polar surface area (TPSA) is 30.7 Å². The van der Waals surface area contributed by atoms with Gasteiger partial charge < -0.3 is 0 Å². The lowest BCUT2D eigenvalue weighted by atomic mass is 9.96. The number of nitrogens with zero attached hydrogens (tertiary/aromatic N) is 3. The summed E-state index contributed by atoms with van der Waals surface area (Å²) < 4.78 is 2.04. The Morgan fingerprint density at radius 3 is 2.94 bits per heavy atom. The molecule has 1 saturated carbocycles. The molecule has 0 N–H and O–H groups in total. The molecule has 1 aliphatic carbocycles. The van der Waals surface area contributed by atoms with Crippen molar-refractivity contribution in [2.24, 2.45) is 5.92 Å². The first-order valence-corrected chi connectivity index (χ1v) is 7.13. The van der Waals surface area contributed by atoms with Gasteiger partial charge in [-0.2, -0.15) is 5.10 Å². The van der Waals surface area contributed by atoms with Crippen LogP contribution in [0.25, 0.3) is 0 Å². The zero-order chi connectivity index (χ0) is 12.3. The molecule has 0 amide bonds. The lowest BCUT2D eigenvalue weighted by Crippen LogP contribution is -2.15. The molecule has 0 spiro atoms. The van der Waals surface area contributed by atoms with Crippen molar-refractivity contribution in [2.75, 3.05) is 0 Å². The summed E-state index contributed by atoms with van der Waals surface area (Å²) in [6.45, 7) is 4.30. The van der Waals surface area contributed by atoms with E-state index in [4.69, 9.17) is 11.6 Å². The zero-order valence-electron chi connectivity index (χ0n) is 10.8. The van der Waals surface area contributed by atoms with Gasteiger partial charge in [0.2, 0.25) is 0 Å². The van der Waals surface area contributed by atoms with Crippen molar-refractivity contribution in [1.29, 1.82) is 0 Å². The molecule has 0 bridgehead atoms. The van der Waals surface area contributed by atoms with Crippen LogP contribution < -0.4 is 0 Å². The van der Waals surface area contributed by atoms with Crippen molar-refractivity contribution in [2.45, 2.75) is 63.8 Å². The maximum Gasteiger partial charge on any atom is 0.138 e. The molecule has 1 heterocycles. The Bertz CT molecular complexity index is 348. The van der Waals surface area contributed by atoms with Crippen LogP contribution in [0, 0.1) is 5.92 Å². The predicted molar refractivity (Wildman–Crippen MR) is 70.3 cm³/mol. The molecule has 1 fully saturated rings. The zero-order valence-corrected chi connectivity index (χ0v) is 11.5. The molecule has 0 radical (unpaired) electrons. The fraction of sp³-hybridized carbons (Fsp3) is 0.846. The molecule has 4 heteroatoms. The Hall–Kier alpha value is -0.570. The van der Waals surface area contributed by atoms with Gasteiger partial charge in [-0.1, -0.05) is 12.8 Å². The van der Waals surface area contributed by atoms with E-state index in [1.54, 1.807) is 6.33 Å². The van der Waals surface area contributed by atoms with Crippen LogP contribution >= 0.6 is 11.6 Å². The lowest BCUT2D eigenvalue weighted by molar-refractivity contribution is 0.420. The molecule has 2 rings (SSSR count). The Balaban J connectivity index is 2.01. The van der Waals surface area contributed by atoms with Crippen LogP contribution in [-0.2, 0) is 6.42 Å². The summed E-state index contributed by atoms with van der Waals surface area (Å²) in [5.74, 6) is 1.80. The summed E-state index contributed by atoms with van der Waals surface area (Å²) in [6, 6.07) is 0.394. The van der Waals surface area contributed by atoms with Crippen LogP contribution in [0.4, 0.5) is 0 Å². The van der Waals surface area contributed by atoms with E-state index >= 15 is 0 Å². The second-order valence-corrected chi connectivity index (χ2v) is 6.02. The third-order valence-corrected chi connectivity index (χ3v) is 3.97. The van der Waals surface area contributed by atoms with E-state index in [9.17, 15) is 0 Å². The number of rotatable bonds is 3. The molecule has 3 nitrogen and oxygen atoms in total. The van der Waals surface area contributed by atoms with Gasteiger partial charge in [-0.05, 0) is 39.0 Å². The average Bonchev–Trinajstić information content (AvgIpc) is 2.62. The van der Waals surface area contributed by atoms with Crippen LogP contribution in [0.5, 0.6) is 0 Å². The van der Waals surface area contributed by atoms with Gasteiger partial charge in [-0.25, -0.2) is 9.67 Å². The first-order chi connectivity index (χ1) is 8.16. The van der Waals surface area contributed by atoms with Gasteiger partial charge in [0.05, 0.1) is 0 Å². The van der Waals surface area contributed by atoms with E-state index in [0.29, 0.717) is 17.3 Å². The van der Waals surface area contributed by atoms with E-state index in [-0.39, 0.29) is 0 Å². The normalized spacial score (nSPS) is 26.1. The first-order valence-electron chi connectivity index (χ1n) is 6.69. The van der Waals surface area contributed by atoms with Crippen molar-refractivity contribution in [3.05, 3.63) is 12.2 Å². The summed E-state index contributed by atoms with van der Waals surface area (Å²) in [5.41, 5.74) is 0. The molecular weight excluding hydrogens is 234 g/mol. The monoisotopic (exact) mass is 255 g/mol. The van der Waals surface area contributed by atoms with E-state index in [1.807, 2.05) is 4.68 Å². The maximum absolute atomic E-state index is 6.32. The molecule has 1 aliphatic rings. The maximum atomic E-state index is 6.32. The van der Waals surface area contributed by atoms with E-state index < -0.39 is 0 Å². The van der Waals surface area contributed by atoms with Crippen LogP contribution in [0.3, 0.4) is 0 Å². The Labute approximate surface area is 109 Å². The summed E-state index contributed by atoms with van der Waals surface area (Å²) in [4.78, 5) is 4.40. The lowest BCUT2D eigenvalue weighted by Gasteiger charge is -2.17. The standard InChI is InChI=1S/C13H22ClN3/c1-10(2)17-13(15-9-16-17)8-11-5-3-4-6-12(14)7-11/h9-12H,3-8H2,1-2H3. The average molecular weight is 256 g/mol. The number of hydrogen-bond donors (Lipinski definition) is 0. The largest absolute Gasteiger partial charge is 0.248 e. The van der Waals surface area contributed by atoms with Gasteiger partial charge in [0.1, 0.15) is 12.2 Å². The van der Waals surface area contributed by atoms with Crippen LogP contribution in [0.15, 0.2) is 6.33 Å². The minimum absolute atomic E-state index is 0.359. The molecule has 1 aromatic heterocycles. The highest BCUT2D eigenvalue weighted by Gasteiger charge is 2.21. The van der Waals surface area contributed by atoms with Crippen molar-refractivity contribution >= 4 is 11.6 Å². The molecule has 0 aromatic carbocycles. The molecule has 0 saturated heterocycles.